The maximum Gasteiger partial charge on any atom is 0.308 e. The molecule has 11 unspecified atom stereocenters. The van der Waals surface area contributed by atoms with Crippen LogP contribution >= 0.6 is 0 Å². The topological polar surface area (TPSA) is 310 Å². The van der Waals surface area contributed by atoms with E-state index in [0.29, 0.717) is 0 Å². The molecule has 0 aromatic heterocycles. The number of ether oxygens (including phenoxy) is 3. The SMILES string of the molecule is C[C@H]1CC(O)[C@@H](C)/C=C/C=C/C=C/C=C/C=C/C=C/C=C/C(OC2OCC(O)[C@H](N)C2O)CCC(C(=O)O)CCC(O)(O)CC(O)CC(O)C(O)CCC(O)CC(O)CC(=O)O1. The summed E-state index contributed by atoms with van der Waals surface area (Å²) in [5, 5.41) is 115. The van der Waals surface area contributed by atoms with Crippen molar-refractivity contribution in [2.24, 2.45) is 17.6 Å². The van der Waals surface area contributed by atoms with Crippen LogP contribution in [-0.4, -0.2) is 154 Å². The monoisotopic (exact) mass is 881 g/mol. The molecule has 0 amide bonds. The zero-order valence-electron chi connectivity index (χ0n) is 35.7. The predicted molar refractivity (Wildman–Crippen MR) is 228 cm³/mol. The second-order valence-corrected chi connectivity index (χ2v) is 16.4. The van der Waals surface area contributed by atoms with Crippen LogP contribution in [0.3, 0.4) is 0 Å². The minimum absolute atomic E-state index is 0.00675. The van der Waals surface area contributed by atoms with Crippen molar-refractivity contribution in [3.05, 3.63) is 85.1 Å². The van der Waals surface area contributed by atoms with Crippen molar-refractivity contribution in [1.29, 1.82) is 0 Å². The van der Waals surface area contributed by atoms with Gasteiger partial charge < -0.3 is 76.1 Å². The summed E-state index contributed by atoms with van der Waals surface area (Å²) in [7, 11) is 0. The molecule has 14 atom stereocenters. The molecule has 1 fully saturated rings. The highest BCUT2D eigenvalue weighted by Crippen LogP contribution is 2.27. The molecule has 62 heavy (non-hydrogen) atoms. The van der Waals surface area contributed by atoms with Crippen LogP contribution in [0.4, 0.5) is 0 Å². The van der Waals surface area contributed by atoms with Crippen molar-refractivity contribution in [1.82, 2.24) is 0 Å². The molecule has 0 saturated carbocycles. The van der Waals surface area contributed by atoms with E-state index >= 15 is 0 Å². The van der Waals surface area contributed by atoms with Gasteiger partial charge in [0.15, 0.2) is 12.1 Å². The van der Waals surface area contributed by atoms with E-state index < -0.39 is 123 Å². The zero-order valence-corrected chi connectivity index (χ0v) is 35.7. The summed E-state index contributed by atoms with van der Waals surface area (Å²) in [5.41, 5.74) is 5.89. The number of hydrogen-bond donors (Lipinski definition) is 12. The molecule has 2 aliphatic rings. The first-order valence-electron chi connectivity index (χ1n) is 21.3. The Morgan fingerprint density at radius 2 is 1.26 bits per heavy atom. The Kier molecular flexibility index (Phi) is 25.7. The molecular weight excluding hydrogens is 810 g/mol. The van der Waals surface area contributed by atoms with Crippen molar-refractivity contribution in [3.63, 3.8) is 0 Å². The number of esters is 1. The number of aliphatic hydroxyl groups excluding tert-OH is 8. The molecule has 17 heteroatoms. The Morgan fingerprint density at radius 3 is 1.85 bits per heavy atom. The minimum atomic E-state index is -2.54. The Labute approximate surface area is 364 Å². The minimum Gasteiger partial charge on any atom is -0.481 e. The number of hydrogen-bond acceptors (Lipinski definition) is 16. The molecule has 13 N–H and O–H groups in total. The number of carboxylic acid groups (broad SMARTS) is 1. The Morgan fingerprint density at radius 1 is 0.677 bits per heavy atom. The number of carbonyl (C=O) groups is 2. The van der Waals surface area contributed by atoms with Gasteiger partial charge in [-0.15, -0.1) is 0 Å². The first-order valence-corrected chi connectivity index (χ1v) is 21.3. The predicted octanol–water partition coefficient (Wildman–Crippen LogP) is 1.09. The zero-order chi connectivity index (χ0) is 46.2. The normalized spacial score (nSPS) is 40.2. The van der Waals surface area contributed by atoms with Gasteiger partial charge in [0, 0.05) is 31.6 Å². The van der Waals surface area contributed by atoms with Gasteiger partial charge in [0.1, 0.15) is 12.2 Å². The highest BCUT2D eigenvalue weighted by atomic mass is 16.7. The van der Waals surface area contributed by atoms with E-state index in [4.69, 9.17) is 19.9 Å². The number of carbonyl (C=O) groups excluding carboxylic acids is 1. The van der Waals surface area contributed by atoms with Crippen molar-refractivity contribution in [2.45, 2.75) is 164 Å². The van der Waals surface area contributed by atoms with Gasteiger partial charge in [-0.3, -0.25) is 9.59 Å². The third kappa shape index (κ3) is 22.8. The summed E-state index contributed by atoms with van der Waals surface area (Å²) in [6, 6.07) is -1.04. The smallest absolute Gasteiger partial charge is 0.308 e. The number of cyclic esters (lactones) is 1. The Hall–Kier alpha value is -3.40. The molecule has 2 aliphatic heterocycles. The number of rotatable bonds is 3. The number of nitrogens with two attached hydrogens (primary N) is 1. The first kappa shape index (κ1) is 54.7. The van der Waals surface area contributed by atoms with Crippen molar-refractivity contribution in [3.8, 4) is 0 Å². The number of carboxylic acids is 1. The lowest BCUT2D eigenvalue weighted by molar-refractivity contribution is -0.252. The lowest BCUT2D eigenvalue weighted by atomic mass is 9.90. The molecule has 0 bridgehead atoms. The molecular formula is C45H71NO16. The van der Waals surface area contributed by atoms with Crippen LogP contribution in [0.2, 0.25) is 0 Å². The summed E-state index contributed by atoms with van der Waals surface area (Å²) < 4.78 is 16.7. The van der Waals surface area contributed by atoms with Gasteiger partial charge in [-0.25, -0.2) is 0 Å². The quantitative estimate of drug-likeness (QED) is 0.139. The van der Waals surface area contributed by atoms with Crippen molar-refractivity contribution < 1.29 is 80.0 Å². The molecule has 2 rings (SSSR count). The molecule has 0 aliphatic carbocycles. The van der Waals surface area contributed by atoms with Crippen LogP contribution in [0.25, 0.3) is 0 Å². The lowest BCUT2D eigenvalue weighted by Crippen LogP contribution is -2.58. The highest BCUT2D eigenvalue weighted by Gasteiger charge is 2.38. The summed E-state index contributed by atoms with van der Waals surface area (Å²) >= 11 is 0. The van der Waals surface area contributed by atoms with Crippen LogP contribution in [0, 0.1) is 11.8 Å². The third-order valence-electron chi connectivity index (χ3n) is 10.6. The summed E-state index contributed by atoms with van der Waals surface area (Å²) in [4.78, 5) is 24.6. The summed E-state index contributed by atoms with van der Waals surface area (Å²) in [6.45, 7) is 3.25. The number of allylic oxidation sites excluding steroid dienone is 12. The second-order valence-electron chi connectivity index (χ2n) is 16.4. The largest absolute Gasteiger partial charge is 0.481 e. The van der Waals surface area contributed by atoms with Gasteiger partial charge in [-0.2, -0.15) is 0 Å². The maximum absolute atomic E-state index is 12.4. The average molecular weight is 882 g/mol. The van der Waals surface area contributed by atoms with Crippen LogP contribution in [0.5, 0.6) is 0 Å². The van der Waals surface area contributed by atoms with Crippen LogP contribution in [0.15, 0.2) is 85.1 Å². The van der Waals surface area contributed by atoms with E-state index in [1.807, 2.05) is 43.4 Å². The van der Waals surface area contributed by atoms with Gasteiger partial charge >= 0.3 is 11.9 Å². The van der Waals surface area contributed by atoms with Gasteiger partial charge in [-0.05, 0) is 45.4 Å². The standard InChI is InChI=1S/C45H71NO16/c1-29-15-13-11-9-7-5-3-4-6-8-10-12-14-16-35(62-44-42(55)41(46)39(53)28-60-44)19-17-31(43(56)57)21-22-45(58,59)27-34(49)25-38(52)36(50)20-18-32(47)24-33(48)26-40(54)61-30(2)23-37(29)51/h3-16,29-39,41-42,44,47-53,55,58-59H,17-28,46H2,1-2H3,(H,56,57)/b4-3+,7-5+,8-6+,11-9+,12-10+,15-13+,16-14+/t29-,30-,31?,32?,33?,34?,35?,36?,37?,38?,39?,41-,42?,44?/m0/s1. The van der Waals surface area contributed by atoms with Crippen molar-refractivity contribution >= 4 is 11.9 Å². The van der Waals surface area contributed by atoms with Gasteiger partial charge in [-0.1, -0.05) is 92.0 Å². The fourth-order valence-electron chi connectivity index (χ4n) is 6.81. The maximum atomic E-state index is 12.4. The highest BCUT2D eigenvalue weighted by molar-refractivity contribution is 5.70. The number of aliphatic carboxylic acids is 1. The molecule has 0 aromatic rings. The van der Waals surface area contributed by atoms with E-state index in [1.165, 1.54) is 0 Å². The lowest BCUT2D eigenvalue weighted by Gasteiger charge is -2.37. The van der Waals surface area contributed by atoms with Gasteiger partial charge in [0.05, 0.1) is 73.8 Å². The summed E-state index contributed by atoms with van der Waals surface area (Å²) in [5.74, 6) is -5.83. The molecule has 1 saturated heterocycles. The van der Waals surface area contributed by atoms with Gasteiger partial charge in [0.2, 0.25) is 0 Å². The molecule has 2 heterocycles. The van der Waals surface area contributed by atoms with E-state index in [2.05, 4.69) is 0 Å². The van der Waals surface area contributed by atoms with E-state index in [0.717, 1.165) is 0 Å². The number of aliphatic hydroxyl groups is 10. The van der Waals surface area contributed by atoms with Crippen LogP contribution < -0.4 is 5.73 Å². The Bertz CT molecular complexity index is 1510. The molecule has 17 nitrogen and oxygen atoms in total. The molecule has 352 valence electrons. The molecule has 0 aromatic carbocycles. The van der Waals surface area contributed by atoms with Crippen molar-refractivity contribution in [2.75, 3.05) is 6.61 Å². The summed E-state index contributed by atoms with van der Waals surface area (Å²) in [6.07, 6.45) is 9.40. The second kappa shape index (κ2) is 29.1. The van der Waals surface area contributed by atoms with Gasteiger partial charge in [0.25, 0.3) is 0 Å². The fraction of sp³-hybridized carbons (Fsp3) is 0.644. The van der Waals surface area contributed by atoms with E-state index in [-0.39, 0.29) is 57.5 Å². The third-order valence-corrected chi connectivity index (χ3v) is 10.6. The fourth-order valence-corrected chi connectivity index (χ4v) is 6.81. The molecule has 0 radical (unpaired) electrons. The van der Waals surface area contributed by atoms with E-state index in [9.17, 15) is 65.8 Å². The molecule has 0 spiro atoms. The van der Waals surface area contributed by atoms with Crippen LogP contribution in [0.1, 0.15) is 84.5 Å². The van der Waals surface area contributed by atoms with Crippen LogP contribution in [-0.2, 0) is 23.8 Å². The van der Waals surface area contributed by atoms with E-state index in [1.54, 1.807) is 55.5 Å². The average Bonchev–Trinajstić information content (AvgIpc) is 3.18. The first-order chi connectivity index (χ1) is 29.3. The Balaban J connectivity index is 2.20.